The molecule has 108 valence electrons. The molecule has 2 saturated heterocycles. The number of aliphatic carboxylic acids is 1. The monoisotopic (exact) mass is 280 g/mol. The lowest BCUT2D eigenvalue weighted by molar-refractivity contribution is -0.156. The van der Waals surface area contributed by atoms with Crippen molar-refractivity contribution < 1.29 is 29.0 Å². The summed E-state index contributed by atoms with van der Waals surface area (Å²) in [6.45, 7) is 1.99. The predicted octanol–water partition coefficient (Wildman–Crippen LogP) is 0.901. The van der Waals surface area contributed by atoms with Crippen molar-refractivity contribution in [1.82, 2.24) is 0 Å². The summed E-state index contributed by atoms with van der Waals surface area (Å²) in [5, 5.41) is 8.65. The van der Waals surface area contributed by atoms with Crippen LogP contribution < -0.4 is 0 Å². The molecule has 6 nitrogen and oxygen atoms in total. The van der Waals surface area contributed by atoms with E-state index in [1.807, 2.05) is 13.0 Å². The lowest BCUT2D eigenvalue weighted by Gasteiger charge is -2.22. The van der Waals surface area contributed by atoms with Gasteiger partial charge in [-0.25, -0.2) is 0 Å². The summed E-state index contributed by atoms with van der Waals surface area (Å²) in [7, 11) is 0. The van der Waals surface area contributed by atoms with E-state index in [2.05, 4.69) is 4.74 Å². The maximum absolute atomic E-state index is 11.7. The number of cyclic esters (lactones) is 2. The molecule has 0 aromatic carbocycles. The normalized spacial score (nSPS) is 35.8. The van der Waals surface area contributed by atoms with Gasteiger partial charge in [-0.1, -0.05) is 13.0 Å². The Morgan fingerprint density at radius 2 is 2.05 bits per heavy atom. The van der Waals surface area contributed by atoms with E-state index >= 15 is 0 Å². The number of carbonyl (C=O) groups excluding carboxylic acids is 2. The molecule has 0 spiro atoms. The minimum atomic E-state index is -0.805. The summed E-state index contributed by atoms with van der Waals surface area (Å²) in [4.78, 5) is 33.8. The quantitative estimate of drug-likeness (QED) is 0.457. The molecule has 20 heavy (non-hydrogen) atoms. The van der Waals surface area contributed by atoms with Gasteiger partial charge in [0.25, 0.3) is 0 Å². The minimum absolute atomic E-state index is 0.138. The van der Waals surface area contributed by atoms with Crippen molar-refractivity contribution in [3.63, 3.8) is 0 Å². The molecule has 2 fully saturated rings. The van der Waals surface area contributed by atoms with E-state index in [0.717, 1.165) is 12.0 Å². The molecule has 0 amide bonds. The van der Waals surface area contributed by atoms with Gasteiger partial charge in [0, 0.05) is 6.42 Å². The number of fused-ring (bicyclic) bond motifs is 5. The molecule has 0 aliphatic carbocycles. The average Bonchev–Trinajstić information content (AvgIpc) is 3.01. The molecule has 3 aliphatic heterocycles. The van der Waals surface area contributed by atoms with Crippen LogP contribution in [0.3, 0.4) is 0 Å². The van der Waals surface area contributed by atoms with Crippen LogP contribution in [-0.2, 0) is 23.9 Å². The van der Waals surface area contributed by atoms with Gasteiger partial charge in [0.1, 0.15) is 11.8 Å². The molecule has 0 radical (unpaired) electrons. The Morgan fingerprint density at radius 1 is 1.35 bits per heavy atom. The molecule has 3 rings (SSSR count). The third kappa shape index (κ3) is 1.95. The van der Waals surface area contributed by atoms with Gasteiger partial charge in [-0.15, -0.1) is 0 Å². The van der Waals surface area contributed by atoms with Gasteiger partial charge in [-0.05, 0) is 24.3 Å². The topological polar surface area (TPSA) is 89.9 Å². The van der Waals surface area contributed by atoms with Crippen molar-refractivity contribution in [1.29, 1.82) is 0 Å². The molecule has 3 heterocycles. The first-order valence-corrected chi connectivity index (χ1v) is 6.83. The number of hydrogen-bond acceptors (Lipinski definition) is 5. The predicted molar refractivity (Wildman–Crippen MR) is 65.5 cm³/mol. The lowest BCUT2D eigenvalue weighted by atomic mass is 9.77. The number of rotatable bonds is 5. The Balaban J connectivity index is 1.68. The first-order valence-electron chi connectivity index (χ1n) is 6.83. The zero-order chi connectivity index (χ0) is 14.4. The van der Waals surface area contributed by atoms with Crippen LogP contribution >= 0.6 is 0 Å². The van der Waals surface area contributed by atoms with E-state index in [0.29, 0.717) is 6.42 Å². The number of hydrogen-bond donors (Lipinski definition) is 1. The van der Waals surface area contributed by atoms with Gasteiger partial charge < -0.3 is 14.6 Å². The van der Waals surface area contributed by atoms with Crippen LogP contribution in [0.1, 0.15) is 26.2 Å². The minimum Gasteiger partial charge on any atom is -0.481 e. The van der Waals surface area contributed by atoms with Gasteiger partial charge in [-0.2, -0.15) is 0 Å². The number of carbonyl (C=O) groups is 3. The second kappa shape index (κ2) is 4.70. The number of carboxylic acids is 1. The molecule has 3 aliphatic rings. The number of carboxylic acid groups (broad SMARTS) is 1. The number of ether oxygens (including phenoxy) is 2. The highest BCUT2D eigenvalue weighted by molar-refractivity contribution is 5.98. The Kier molecular flexibility index (Phi) is 3.12. The average molecular weight is 280 g/mol. The molecule has 5 atom stereocenters. The molecule has 0 saturated carbocycles. The SMILES string of the molecule is C[C@@H](CCCC(=O)O)C1=C[C@H]2O[C@@H]1[C@@H]1C(=O)OC(=O)[C@@H]12. The van der Waals surface area contributed by atoms with Crippen LogP contribution in [0.2, 0.25) is 0 Å². The Bertz CT molecular complexity index is 508. The van der Waals surface area contributed by atoms with E-state index in [1.54, 1.807) is 0 Å². The second-order valence-corrected chi connectivity index (χ2v) is 5.67. The third-order valence-corrected chi connectivity index (χ3v) is 4.40. The first kappa shape index (κ1) is 13.3. The lowest BCUT2D eigenvalue weighted by Crippen LogP contribution is -2.31. The van der Waals surface area contributed by atoms with Crippen LogP contribution in [0.25, 0.3) is 0 Å². The highest BCUT2D eigenvalue weighted by Gasteiger charge is 2.62. The molecular weight excluding hydrogens is 264 g/mol. The molecular formula is C14H16O6. The Hall–Kier alpha value is -1.69. The molecule has 0 aromatic rings. The van der Waals surface area contributed by atoms with Gasteiger partial charge in [-0.3, -0.25) is 14.4 Å². The molecule has 0 aromatic heterocycles. The molecule has 6 heteroatoms. The zero-order valence-corrected chi connectivity index (χ0v) is 11.1. The van der Waals surface area contributed by atoms with Gasteiger partial charge in [0.05, 0.1) is 12.2 Å². The fraction of sp³-hybridized carbons (Fsp3) is 0.643. The van der Waals surface area contributed by atoms with Crippen LogP contribution in [0.4, 0.5) is 0 Å². The fourth-order valence-corrected chi connectivity index (χ4v) is 3.40. The molecule has 1 N–H and O–H groups in total. The maximum Gasteiger partial charge on any atom is 0.320 e. The van der Waals surface area contributed by atoms with Crippen LogP contribution in [0.15, 0.2) is 11.6 Å². The van der Waals surface area contributed by atoms with Crippen molar-refractivity contribution in [2.75, 3.05) is 0 Å². The van der Waals surface area contributed by atoms with Crippen LogP contribution in [-0.4, -0.2) is 35.2 Å². The Morgan fingerprint density at radius 3 is 2.75 bits per heavy atom. The summed E-state index contributed by atoms with van der Waals surface area (Å²) in [6, 6.07) is 0. The standard InChI is InChI=1S/C14H16O6/c1-6(3-2-4-9(15)16)7-5-8-10-11(12(7)19-8)14(18)20-13(10)17/h5-6,8,10-12H,2-4H2,1H3,(H,15,16)/t6-,8+,10+,11+,12-/m0/s1. The van der Waals surface area contributed by atoms with E-state index in [9.17, 15) is 14.4 Å². The first-order chi connectivity index (χ1) is 9.49. The van der Waals surface area contributed by atoms with Crippen molar-refractivity contribution >= 4 is 17.9 Å². The summed E-state index contributed by atoms with van der Waals surface area (Å²) in [5.74, 6) is -2.62. The van der Waals surface area contributed by atoms with E-state index in [4.69, 9.17) is 9.84 Å². The van der Waals surface area contributed by atoms with E-state index < -0.39 is 29.7 Å². The number of esters is 2. The largest absolute Gasteiger partial charge is 0.481 e. The van der Waals surface area contributed by atoms with Crippen molar-refractivity contribution in [3.8, 4) is 0 Å². The van der Waals surface area contributed by atoms with E-state index in [1.165, 1.54) is 0 Å². The summed E-state index contributed by atoms with van der Waals surface area (Å²) in [6.07, 6.45) is 2.63. The third-order valence-electron chi connectivity index (χ3n) is 4.40. The van der Waals surface area contributed by atoms with E-state index in [-0.39, 0.29) is 24.5 Å². The zero-order valence-electron chi connectivity index (χ0n) is 11.1. The smallest absolute Gasteiger partial charge is 0.320 e. The van der Waals surface area contributed by atoms with Crippen molar-refractivity contribution in [2.45, 2.75) is 38.4 Å². The van der Waals surface area contributed by atoms with Crippen LogP contribution in [0, 0.1) is 17.8 Å². The second-order valence-electron chi connectivity index (χ2n) is 5.67. The molecule has 2 bridgehead atoms. The van der Waals surface area contributed by atoms with Crippen molar-refractivity contribution in [3.05, 3.63) is 11.6 Å². The highest BCUT2D eigenvalue weighted by atomic mass is 16.6. The highest BCUT2D eigenvalue weighted by Crippen LogP contribution is 2.49. The van der Waals surface area contributed by atoms with Crippen LogP contribution in [0.5, 0.6) is 0 Å². The fourth-order valence-electron chi connectivity index (χ4n) is 3.40. The molecule has 0 unspecified atom stereocenters. The maximum atomic E-state index is 11.7. The summed E-state index contributed by atoms with van der Waals surface area (Å²) in [5.41, 5.74) is 1.01. The van der Waals surface area contributed by atoms with Gasteiger partial charge in [0.2, 0.25) is 0 Å². The summed E-state index contributed by atoms with van der Waals surface area (Å²) < 4.78 is 10.4. The van der Waals surface area contributed by atoms with Crippen molar-refractivity contribution in [2.24, 2.45) is 17.8 Å². The van der Waals surface area contributed by atoms with Gasteiger partial charge >= 0.3 is 17.9 Å². The van der Waals surface area contributed by atoms with Gasteiger partial charge in [0.15, 0.2) is 0 Å². The summed E-state index contributed by atoms with van der Waals surface area (Å²) >= 11 is 0. The Labute approximate surface area is 115 Å².